The van der Waals surface area contributed by atoms with E-state index in [1.807, 2.05) is 20.8 Å². The highest BCUT2D eigenvalue weighted by molar-refractivity contribution is 5.80. The van der Waals surface area contributed by atoms with Crippen LogP contribution in [-0.2, 0) is 9.53 Å². The number of carbonyl (C=O) groups excluding carboxylic acids is 1. The third-order valence-electron chi connectivity index (χ3n) is 2.84. The lowest BCUT2D eigenvalue weighted by Crippen LogP contribution is -2.39. The van der Waals surface area contributed by atoms with Crippen LogP contribution in [-0.4, -0.2) is 37.7 Å². The van der Waals surface area contributed by atoms with Crippen LogP contribution in [0.1, 0.15) is 33.6 Å². The van der Waals surface area contributed by atoms with E-state index in [0.717, 1.165) is 25.9 Å². The molecular weight excluding hydrogens is 204 g/mol. The molecule has 1 heterocycles. The largest absolute Gasteiger partial charge is 0.368 e. The average Bonchev–Trinajstić information content (AvgIpc) is 2.26. The Morgan fingerprint density at radius 3 is 2.56 bits per heavy atom. The van der Waals surface area contributed by atoms with Crippen molar-refractivity contribution in [2.45, 2.75) is 45.8 Å². The number of piperidine rings is 1. The van der Waals surface area contributed by atoms with Crippen LogP contribution in [0.2, 0.25) is 0 Å². The molecule has 1 atom stereocenters. The lowest BCUT2D eigenvalue weighted by molar-refractivity contribution is -0.133. The minimum absolute atomic E-state index is 0.0102. The highest BCUT2D eigenvalue weighted by Gasteiger charge is 2.18. The van der Waals surface area contributed by atoms with Crippen molar-refractivity contribution in [2.24, 2.45) is 5.92 Å². The summed E-state index contributed by atoms with van der Waals surface area (Å²) in [6.07, 6.45) is 1.97. The molecule has 2 N–H and O–H groups in total. The predicted molar refractivity (Wildman–Crippen MR) is 64.3 cm³/mol. The molecule has 0 spiro atoms. The molecule has 0 aromatic carbocycles. The Balaban J connectivity index is 2.17. The van der Waals surface area contributed by atoms with Crippen molar-refractivity contribution in [3.8, 4) is 0 Å². The van der Waals surface area contributed by atoms with Crippen molar-refractivity contribution >= 4 is 5.91 Å². The van der Waals surface area contributed by atoms with E-state index >= 15 is 0 Å². The van der Waals surface area contributed by atoms with Gasteiger partial charge in [0.2, 0.25) is 5.91 Å². The van der Waals surface area contributed by atoms with E-state index in [1.54, 1.807) is 0 Å². The molecule has 0 aromatic rings. The summed E-state index contributed by atoms with van der Waals surface area (Å²) in [7, 11) is 0. The van der Waals surface area contributed by atoms with Gasteiger partial charge in [-0.05, 0) is 52.6 Å². The monoisotopic (exact) mass is 228 g/mol. The molecule has 94 valence electrons. The SMILES string of the molecule is CC(C)NC(=O)C(C)OCC1CCNCC1. The van der Waals surface area contributed by atoms with E-state index in [9.17, 15) is 4.79 Å². The highest BCUT2D eigenvalue weighted by Crippen LogP contribution is 2.12. The van der Waals surface area contributed by atoms with Gasteiger partial charge in [0.25, 0.3) is 0 Å². The van der Waals surface area contributed by atoms with Gasteiger partial charge in [-0.2, -0.15) is 0 Å². The summed E-state index contributed by atoms with van der Waals surface area (Å²) >= 11 is 0. The zero-order valence-corrected chi connectivity index (χ0v) is 10.6. The molecule has 0 aromatic heterocycles. The minimum Gasteiger partial charge on any atom is -0.368 e. The van der Waals surface area contributed by atoms with Crippen LogP contribution in [0.5, 0.6) is 0 Å². The second-order valence-corrected chi connectivity index (χ2v) is 4.83. The second-order valence-electron chi connectivity index (χ2n) is 4.83. The molecule has 1 unspecified atom stereocenters. The number of carbonyl (C=O) groups is 1. The number of nitrogens with one attached hydrogen (secondary N) is 2. The molecule has 1 rings (SSSR count). The van der Waals surface area contributed by atoms with Crippen molar-refractivity contribution in [3.05, 3.63) is 0 Å². The molecule has 1 saturated heterocycles. The first kappa shape index (κ1) is 13.5. The smallest absolute Gasteiger partial charge is 0.249 e. The van der Waals surface area contributed by atoms with Gasteiger partial charge >= 0.3 is 0 Å². The van der Waals surface area contributed by atoms with E-state index in [0.29, 0.717) is 12.5 Å². The van der Waals surface area contributed by atoms with E-state index in [2.05, 4.69) is 10.6 Å². The summed E-state index contributed by atoms with van der Waals surface area (Å²) in [5.74, 6) is 0.597. The molecule has 0 bridgehead atoms. The Hall–Kier alpha value is -0.610. The number of hydrogen-bond donors (Lipinski definition) is 2. The molecule has 0 saturated carbocycles. The lowest BCUT2D eigenvalue weighted by Gasteiger charge is -2.24. The predicted octanol–water partition coefficient (Wildman–Crippen LogP) is 0.916. The molecule has 4 nitrogen and oxygen atoms in total. The number of ether oxygens (including phenoxy) is 1. The fourth-order valence-electron chi connectivity index (χ4n) is 1.81. The number of rotatable bonds is 5. The number of hydrogen-bond acceptors (Lipinski definition) is 3. The second kappa shape index (κ2) is 6.86. The Kier molecular flexibility index (Phi) is 5.77. The average molecular weight is 228 g/mol. The zero-order valence-electron chi connectivity index (χ0n) is 10.6. The maximum absolute atomic E-state index is 11.6. The summed E-state index contributed by atoms with van der Waals surface area (Å²) in [4.78, 5) is 11.6. The van der Waals surface area contributed by atoms with Crippen LogP contribution in [0.3, 0.4) is 0 Å². The third kappa shape index (κ3) is 4.94. The van der Waals surface area contributed by atoms with Gasteiger partial charge in [-0.3, -0.25) is 4.79 Å². The molecule has 1 fully saturated rings. The Morgan fingerprint density at radius 2 is 2.00 bits per heavy atom. The molecule has 1 aliphatic rings. The number of amides is 1. The van der Waals surface area contributed by atoms with Gasteiger partial charge in [0.1, 0.15) is 6.10 Å². The first-order chi connectivity index (χ1) is 7.59. The van der Waals surface area contributed by atoms with Gasteiger partial charge in [-0.1, -0.05) is 0 Å². The standard InChI is InChI=1S/C12H24N2O2/c1-9(2)14-12(15)10(3)16-8-11-4-6-13-7-5-11/h9-11,13H,4-8H2,1-3H3,(H,14,15). The quantitative estimate of drug-likeness (QED) is 0.735. The van der Waals surface area contributed by atoms with Crippen LogP contribution in [0.25, 0.3) is 0 Å². The normalized spacial score (nSPS) is 19.8. The minimum atomic E-state index is -0.336. The first-order valence-electron chi connectivity index (χ1n) is 6.22. The van der Waals surface area contributed by atoms with Crippen molar-refractivity contribution in [1.29, 1.82) is 0 Å². The fourth-order valence-corrected chi connectivity index (χ4v) is 1.81. The highest BCUT2D eigenvalue weighted by atomic mass is 16.5. The topological polar surface area (TPSA) is 50.4 Å². The van der Waals surface area contributed by atoms with Crippen LogP contribution in [0, 0.1) is 5.92 Å². The van der Waals surface area contributed by atoms with Crippen LogP contribution >= 0.6 is 0 Å². The lowest BCUT2D eigenvalue weighted by atomic mass is 9.99. The first-order valence-corrected chi connectivity index (χ1v) is 6.22. The molecule has 16 heavy (non-hydrogen) atoms. The van der Waals surface area contributed by atoms with Gasteiger partial charge in [0, 0.05) is 6.04 Å². The maximum Gasteiger partial charge on any atom is 0.249 e. The maximum atomic E-state index is 11.6. The van der Waals surface area contributed by atoms with Gasteiger partial charge < -0.3 is 15.4 Å². The van der Waals surface area contributed by atoms with Gasteiger partial charge in [-0.25, -0.2) is 0 Å². The van der Waals surface area contributed by atoms with Crippen LogP contribution in [0.15, 0.2) is 0 Å². The summed E-state index contributed by atoms with van der Waals surface area (Å²) in [5.41, 5.74) is 0. The Labute approximate surface area is 98.1 Å². The molecule has 4 heteroatoms. The molecular formula is C12H24N2O2. The van der Waals surface area contributed by atoms with E-state index in [4.69, 9.17) is 4.74 Å². The molecule has 0 radical (unpaired) electrons. The van der Waals surface area contributed by atoms with Gasteiger partial charge in [-0.15, -0.1) is 0 Å². The van der Waals surface area contributed by atoms with Crippen molar-refractivity contribution in [3.63, 3.8) is 0 Å². The van der Waals surface area contributed by atoms with Crippen LogP contribution in [0.4, 0.5) is 0 Å². The zero-order chi connectivity index (χ0) is 12.0. The van der Waals surface area contributed by atoms with Crippen LogP contribution < -0.4 is 10.6 Å². The van der Waals surface area contributed by atoms with E-state index in [-0.39, 0.29) is 18.1 Å². The summed E-state index contributed by atoms with van der Waals surface area (Å²) < 4.78 is 5.60. The van der Waals surface area contributed by atoms with Crippen molar-refractivity contribution in [2.75, 3.05) is 19.7 Å². The summed E-state index contributed by atoms with van der Waals surface area (Å²) in [6, 6.07) is 0.178. The van der Waals surface area contributed by atoms with E-state index in [1.165, 1.54) is 0 Å². The Bertz CT molecular complexity index is 213. The van der Waals surface area contributed by atoms with Gasteiger partial charge in [0.05, 0.1) is 6.61 Å². The Morgan fingerprint density at radius 1 is 1.38 bits per heavy atom. The third-order valence-corrected chi connectivity index (χ3v) is 2.84. The van der Waals surface area contributed by atoms with Crippen molar-refractivity contribution in [1.82, 2.24) is 10.6 Å². The van der Waals surface area contributed by atoms with E-state index < -0.39 is 0 Å². The fraction of sp³-hybridized carbons (Fsp3) is 0.917. The molecule has 0 aliphatic carbocycles. The van der Waals surface area contributed by atoms with Gasteiger partial charge in [0.15, 0.2) is 0 Å². The molecule has 1 amide bonds. The summed E-state index contributed by atoms with van der Waals surface area (Å²) in [6.45, 7) is 8.57. The summed E-state index contributed by atoms with van der Waals surface area (Å²) in [5, 5.41) is 6.17. The van der Waals surface area contributed by atoms with Crippen molar-refractivity contribution < 1.29 is 9.53 Å². The molecule has 1 aliphatic heterocycles.